The lowest BCUT2D eigenvalue weighted by Gasteiger charge is -2.27. The number of Topliss-reactive ketones (excluding diaryl/α,β-unsaturated/α-hetero) is 1. The van der Waals surface area contributed by atoms with Gasteiger partial charge in [0, 0.05) is 36.3 Å². The van der Waals surface area contributed by atoms with Gasteiger partial charge in [-0.2, -0.15) is 5.10 Å². The minimum Gasteiger partial charge on any atom is -0.453 e. The van der Waals surface area contributed by atoms with Gasteiger partial charge in [-0.25, -0.2) is 18.2 Å². The number of aryl methyl sites for hydroxylation is 1. The van der Waals surface area contributed by atoms with Crippen molar-refractivity contribution in [2.45, 2.75) is 52.6 Å². The number of hydrogen-bond donors (Lipinski definition) is 0. The molecular formula is C19H25N3O6S. The van der Waals surface area contributed by atoms with Crippen molar-refractivity contribution in [2.24, 2.45) is 5.10 Å². The normalized spacial score (nSPS) is 21.2. The van der Waals surface area contributed by atoms with Crippen molar-refractivity contribution < 1.29 is 27.5 Å². The molecule has 0 spiro atoms. The van der Waals surface area contributed by atoms with Crippen LogP contribution in [0, 0.1) is 13.8 Å². The zero-order valence-corrected chi connectivity index (χ0v) is 17.6. The summed E-state index contributed by atoms with van der Waals surface area (Å²) in [6.07, 6.45) is 0.452. The van der Waals surface area contributed by atoms with E-state index < -0.39 is 28.5 Å². The summed E-state index contributed by atoms with van der Waals surface area (Å²) in [7, 11) is -3.19. The SMILES string of the molecule is CCn1c(C)cc(C(=O)COC(=O)C2=NN([C@H]3CCS(=O)(=O)C3)C(=O)CC2)c1C. The second kappa shape index (κ2) is 8.10. The molecule has 2 aliphatic heterocycles. The fourth-order valence-electron chi connectivity index (χ4n) is 3.83. The highest BCUT2D eigenvalue weighted by atomic mass is 32.2. The number of hydrogen-bond acceptors (Lipinski definition) is 7. The van der Waals surface area contributed by atoms with Gasteiger partial charge in [0.15, 0.2) is 16.4 Å². The topological polar surface area (TPSA) is 115 Å². The number of amides is 1. The second-order valence-corrected chi connectivity index (χ2v) is 9.60. The first-order valence-corrected chi connectivity index (χ1v) is 11.4. The number of carbonyl (C=O) groups excluding carboxylic acids is 3. The molecular weight excluding hydrogens is 398 g/mol. The maximum atomic E-state index is 12.5. The summed E-state index contributed by atoms with van der Waals surface area (Å²) < 4.78 is 30.5. The summed E-state index contributed by atoms with van der Waals surface area (Å²) in [5, 5.41) is 5.15. The average Bonchev–Trinajstić information content (AvgIpc) is 3.17. The van der Waals surface area contributed by atoms with Crippen LogP contribution in [0.15, 0.2) is 11.2 Å². The Morgan fingerprint density at radius 2 is 2.00 bits per heavy atom. The Morgan fingerprint density at radius 1 is 1.28 bits per heavy atom. The lowest BCUT2D eigenvalue weighted by Crippen LogP contribution is -2.42. The lowest BCUT2D eigenvalue weighted by molar-refractivity contribution is -0.136. The van der Waals surface area contributed by atoms with E-state index in [1.807, 2.05) is 25.3 Å². The minimum absolute atomic E-state index is 0.00141. The molecule has 1 aromatic rings. The van der Waals surface area contributed by atoms with Crippen molar-refractivity contribution in [3.8, 4) is 0 Å². The summed E-state index contributed by atoms with van der Waals surface area (Å²) in [6, 6.07) is 1.21. The summed E-state index contributed by atoms with van der Waals surface area (Å²) >= 11 is 0. The van der Waals surface area contributed by atoms with Crippen LogP contribution in [-0.4, -0.2) is 65.5 Å². The Bertz CT molecular complexity index is 992. The molecule has 10 heteroatoms. The Morgan fingerprint density at radius 3 is 2.59 bits per heavy atom. The number of sulfone groups is 1. The number of ketones is 1. The monoisotopic (exact) mass is 423 g/mol. The fraction of sp³-hybridized carbons (Fsp3) is 0.579. The molecule has 9 nitrogen and oxygen atoms in total. The van der Waals surface area contributed by atoms with Crippen LogP contribution >= 0.6 is 0 Å². The van der Waals surface area contributed by atoms with E-state index in [4.69, 9.17) is 4.74 Å². The summed E-state index contributed by atoms with van der Waals surface area (Å²) in [5.41, 5.74) is 2.31. The summed E-state index contributed by atoms with van der Waals surface area (Å²) in [6.45, 7) is 6.05. The Labute approximate surface area is 169 Å². The van der Waals surface area contributed by atoms with Crippen molar-refractivity contribution in [1.82, 2.24) is 9.58 Å². The number of hydrazone groups is 1. The van der Waals surface area contributed by atoms with Crippen LogP contribution < -0.4 is 0 Å². The standard InChI is InChI=1S/C19H25N3O6S/c1-4-21-12(2)9-15(13(21)3)17(23)10-28-19(25)16-5-6-18(24)22(20-16)14-7-8-29(26,27)11-14/h9,14H,4-8,10-11H2,1-3H3/t14-/m0/s1. The molecule has 0 saturated carbocycles. The zero-order chi connectivity index (χ0) is 21.3. The van der Waals surface area contributed by atoms with Gasteiger partial charge in [0.2, 0.25) is 11.7 Å². The van der Waals surface area contributed by atoms with E-state index in [-0.39, 0.29) is 41.7 Å². The van der Waals surface area contributed by atoms with Crippen LogP contribution in [0.3, 0.4) is 0 Å². The van der Waals surface area contributed by atoms with E-state index in [1.54, 1.807) is 6.07 Å². The predicted molar refractivity (Wildman–Crippen MR) is 105 cm³/mol. The van der Waals surface area contributed by atoms with Gasteiger partial charge in [-0.1, -0.05) is 0 Å². The number of esters is 1. The molecule has 0 aromatic carbocycles. The summed E-state index contributed by atoms with van der Waals surface area (Å²) in [5.74, 6) is -1.54. The third-order valence-corrected chi connectivity index (χ3v) is 7.12. The number of rotatable bonds is 6. The van der Waals surface area contributed by atoms with Crippen LogP contribution in [0.4, 0.5) is 0 Å². The summed E-state index contributed by atoms with van der Waals surface area (Å²) in [4.78, 5) is 37.0. The van der Waals surface area contributed by atoms with Gasteiger partial charge in [-0.15, -0.1) is 0 Å². The minimum atomic E-state index is -3.19. The molecule has 158 valence electrons. The van der Waals surface area contributed by atoms with Gasteiger partial charge >= 0.3 is 5.97 Å². The van der Waals surface area contributed by atoms with Gasteiger partial charge in [0.25, 0.3) is 0 Å². The highest BCUT2D eigenvalue weighted by Gasteiger charge is 2.37. The first kappa shape index (κ1) is 21.2. The van der Waals surface area contributed by atoms with Crippen molar-refractivity contribution in [3.05, 3.63) is 23.0 Å². The molecule has 1 aromatic heterocycles. The lowest BCUT2D eigenvalue weighted by atomic mass is 10.1. The van der Waals surface area contributed by atoms with Gasteiger partial charge in [0.1, 0.15) is 5.71 Å². The second-order valence-electron chi connectivity index (χ2n) is 7.37. The molecule has 2 aliphatic rings. The van der Waals surface area contributed by atoms with E-state index >= 15 is 0 Å². The Balaban J connectivity index is 1.66. The first-order chi connectivity index (χ1) is 13.6. The van der Waals surface area contributed by atoms with E-state index in [1.165, 1.54) is 0 Å². The van der Waals surface area contributed by atoms with Gasteiger partial charge in [-0.3, -0.25) is 9.59 Å². The van der Waals surface area contributed by atoms with Crippen LogP contribution in [0.1, 0.15) is 47.9 Å². The van der Waals surface area contributed by atoms with Crippen LogP contribution in [0.25, 0.3) is 0 Å². The molecule has 1 saturated heterocycles. The van der Waals surface area contributed by atoms with E-state index in [0.717, 1.165) is 22.9 Å². The predicted octanol–water partition coefficient (Wildman–Crippen LogP) is 1.02. The molecule has 29 heavy (non-hydrogen) atoms. The molecule has 0 aliphatic carbocycles. The maximum absolute atomic E-state index is 12.5. The van der Waals surface area contributed by atoms with E-state index in [9.17, 15) is 22.8 Å². The number of ether oxygens (including phenoxy) is 1. The maximum Gasteiger partial charge on any atom is 0.354 e. The highest BCUT2D eigenvalue weighted by Crippen LogP contribution is 2.22. The number of aromatic nitrogens is 1. The van der Waals surface area contributed by atoms with Crippen molar-refractivity contribution in [2.75, 3.05) is 18.1 Å². The van der Waals surface area contributed by atoms with Crippen LogP contribution in [0.5, 0.6) is 0 Å². The Hall–Kier alpha value is -2.49. The molecule has 1 fully saturated rings. The number of nitrogens with zero attached hydrogens (tertiary/aromatic N) is 3. The Kier molecular flexibility index (Phi) is 5.92. The highest BCUT2D eigenvalue weighted by molar-refractivity contribution is 7.91. The van der Waals surface area contributed by atoms with Gasteiger partial charge < -0.3 is 9.30 Å². The molecule has 1 atom stereocenters. The quantitative estimate of drug-likeness (QED) is 0.498. The largest absolute Gasteiger partial charge is 0.453 e. The van der Waals surface area contributed by atoms with E-state index in [0.29, 0.717) is 12.0 Å². The molecule has 0 unspecified atom stereocenters. The average molecular weight is 423 g/mol. The number of carbonyl (C=O) groups is 3. The van der Waals surface area contributed by atoms with Gasteiger partial charge in [-0.05, 0) is 33.3 Å². The molecule has 3 heterocycles. The molecule has 1 amide bonds. The fourth-order valence-corrected chi connectivity index (χ4v) is 5.53. The van der Waals surface area contributed by atoms with Crippen molar-refractivity contribution >= 4 is 33.2 Å². The molecule has 0 radical (unpaired) electrons. The van der Waals surface area contributed by atoms with E-state index in [2.05, 4.69) is 5.10 Å². The van der Waals surface area contributed by atoms with Crippen molar-refractivity contribution in [3.63, 3.8) is 0 Å². The third-order valence-electron chi connectivity index (χ3n) is 5.37. The van der Waals surface area contributed by atoms with Crippen LogP contribution in [0.2, 0.25) is 0 Å². The zero-order valence-electron chi connectivity index (χ0n) is 16.8. The van der Waals surface area contributed by atoms with Crippen molar-refractivity contribution in [1.29, 1.82) is 0 Å². The van der Waals surface area contributed by atoms with Crippen LogP contribution in [-0.2, 0) is 30.7 Å². The molecule has 0 bridgehead atoms. The van der Waals surface area contributed by atoms with Gasteiger partial charge in [0.05, 0.1) is 17.5 Å². The first-order valence-electron chi connectivity index (χ1n) is 9.60. The smallest absolute Gasteiger partial charge is 0.354 e. The molecule has 0 N–H and O–H groups in total. The molecule has 3 rings (SSSR count). The third kappa shape index (κ3) is 4.42.